The number of urea groups is 1. The Hall–Kier alpha value is -1.98. The monoisotopic (exact) mass is 376 g/mol. The fraction of sp³-hybridized carbons (Fsp3) is 0.333. The van der Waals surface area contributed by atoms with Crippen LogP contribution in [0.5, 0.6) is 0 Å². The second kappa shape index (κ2) is 6.73. The van der Waals surface area contributed by atoms with Gasteiger partial charge in [-0.3, -0.25) is 4.98 Å². The van der Waals surface area contributed by atoms with Gasteiger partial charge in [0.1, 0.15) is 0 Å². The van der Waals surface area contributed by atoms with Crippen LogP contribution in [0.1, 0.15) is 12.8 Å². The van der Waals surface area contributed by atoms with Crippen molar-refractivity contribution in [2.45, 2.75) is 24.9 Å². The van der Waals surface area contributed by atoms with Gasteiger partial charge in [0.2, 0.25) is 0 Å². The van der Waals surface area contributed by atoms with Crippen LogP contribution >= 0.6 is 23.2 Å². The number of likely N-dealkylation sites (tertiary alicyclic amines) is 1. The van der Waals surface area contributed by atoms with Crippen LogP contribution in [0, 0.1) is 0 Å². The molecular formula is C18H18Cl2N4O. The molecule has 2 bridgehead atoms. The van der Waals surface area contributed by atoms with Gasteiger partial charge < -0.3 is 15.1 Å². The Morgan fingerprint density at radius 1 is 1.12 bits per heavy atom. The van der Waals surface area contributed by atoms with Crippen LogP contribution in [0.3, 0.4) is 0 Å². The number of nitrogens with one attached hydrogen (secondary N) is 1. The Balaban J connectivity index is 1.51. The molecule has 2 unspecified atom stereocenters. The van der Waals surface area contributed by atoms with Gasteiger partial charge in [-0.2, -0.15) is 0 Å². The molecule has 1 N–H and O–H groups in total. The third-order valence-corrected chi connectivity index (χ3v) is 5.49. The van der Waals surface area contributed by atoms with Crippen LogP contribution in [0.15, 0.2) is 42.7 Å². The maximum absolute atomic E-state index is 12.7. The van der Waals surface area contributed by atoms with Crippen LogP contribution in [0.2, 0.25) is 10.0 Å². The number of para-hydroxylation sites is 1. The molecule has 0 aliphatic carbocycles. The zero-order valence-electron chi connectivity index (χ0n) is 13.5. The smallest absolute Gasteiger partial charge is 0.322 e. The van der Waals surface area contributed by atoms with Gasteiger partial charge in [0.15, 0.2) is 0 Å². The number of fused-ring (bicyclic) bond motifs is 2. The van der Waals surface area contributed by atoms with Crippen molar-refractivity contribution in [3.8, 4) is 0 Å². The third kappa shape index (κ3) is 3.14. The molecule has 0 spiro atoms. The summed E-state index contributed by atoms with van der Waals surface area (Å²) in [6.07, 6.45) is 5.06. The van der Waals surface area contributed by atoms with Gasteiger partial charge in [0, 0.05) is 37.2 Å². The molecule has 130 valence electrons. The number of anilines is 2. The summed E-state index contributed by atoms with van der Waals surface area (Å²) in [6.45, 7) is 1.46. The lowest BCUT2D eigenvalue weighted by Crippen LogP contribution is -2.46. The minimum atomic E-state index is -0.0524. The van der Waals surface area contributed by atoms with E-state index in [0.29, 0.717) is 16.1 Å². The normalized spacial score (nSPS) is 22.2. The summed E-state index contributed by atoms with van der Waals surface area (Å²) >= 11 is 12.6. The number of nitrogens with zero attached hydrogens (tertiary/aromatic N) is 3. The molecule has 2 aliphatic heterocycles. The van der Waals surface area contributed by atoms with E-state index in [1.165, 1.54) is 0 Å². The topological polar surface area (TPSA) is 48.5 Å². The number of carbonyl (C=O) groups is 1. The van der Waals surface area contributed by atoms with Crippen molar-refractivity contribution >= 4 is 40.6 Å². The lowest BCUT2D eigenvalue weighted by Gasteiger charge is -2.32. The number of pyridine rings is 1. The molecule has 7 heteroatoms. The van der Waals surface area contributed by atoms with Crippen molar-refractivity contribution in [2.24, 2.45) is 0 Å². The highest BCUT2D eigenvalue weighted by molar-refractivity contribution is 6.38. The Bertz CT molecular complexity index is 766. The van der Waals surface area contributed by atoms with E-state index >= 15 is 0 Å². The molecule has 2 aliphatic rings. The zero-order valence-corrected chi connectivity index (χ0v) is 15.0. The zero-order chi connectivity index (χ0) is 17.4. The number of benzene rings is 1. The van der Waals surface area contributed by atoms with Crippen molar-refractivity contribution in [2.75, 3.05) is 23.3 Å². The number of halogens is 2. The summed E-state index contributed by atoms with van der Waals surface area (Å²) in [6, 6.07) is 9.98. The number of carbonyl (C=O) groups excluding carboxylic acids is 1. The van der Waals surface area contributed by atoms with Crippen LogP contribution in [0.25, 0.3) is 0 Å². The van der Waals surface area contributed by atoms with E-state index in [4.69, 9.17) is 23.2 Å². The summed E-state index contributed by atoms with van der Waals surface area (Å²) < 4.78 is 0. The Labute approximate surface area is 156 Å². The minimum Gasteiger partial charge on any atom is -0.364 e. The highest BCUT2D eigenvalue weighted by Crippen LogP contribution is 2.40. The summed E-state index contributed by atoms with van der Waals surface area (Å²) in [7, 11) is 0. The van der Waals surface area contributed by atoms with Gasteiger partial charge in [-0.25, -0.2) is 4.79 Å². The van der Waals surface area contributed by atoms with Crippen LogP contribution in [-0.4, -0.2) is 41.1 Å². The maximum atomic E-state index is 12.7. The molecule has 2 atom stereocenters. The van der Waals surface area contributed by atoms with Gasteiger partial charge >= 0.3 is 6.03 Å². The largest absolute Gasteiger partial charge is 0.364 e. The second-order valence-corrected chi connectivity index (χ2v) is 7.24. The molecule has 2 fully saturated rings. The van der Waals surface area contributed by atoms with Crippen molar-refractivity contribution in [3.05, 3.63) is 52.8 Å². The molecule has 2 saturated heterocycles. The first-order valence-electron chi connectivity index (χ1n) is 8.32. The van der Waals surface area contributed by atoms with Gasteiger partial charge in [-0.05, 0) is 25.0 Å². The highest BCUT2D eigenvalue weighted by atomic mass is 35.5. The SMILES string of the molecule is O=C(Nc1ccccc1)N1CCC2CC1CN2c1c(Cl)cncc1Cl. The van der Waals surface area contributed by atoms with Crippen LogP contribution in [0.4, 0.5) is 16.2 Å². The molecule has 5 nitrogen and oxygen atoms in total. The molecule has 2 aromatic rings. The first kappa shape index (κ1) is 16.5. The maximum Gasteiger partial charge on any atom is 0.322 e. The van der Waals surface area contributed by atoms with Crippen molar-refractivity contribution in [1.29, 1.82) is 0 Å². The van der Waals surface area contributed by atoms with E-state index in [-0.39, 0.29) is 12.1 Å². The van der Waals surface area contributed by atoms with Crippen LogP contribution < -0.4 is 10.2 Å². The molecule has 1 aromatic heterocycles. The number of piperidine rings is 1. The van der Waals surface area contributed by atoms with E-state index < -0.39 is 0 Å². The number of hydrogen-bond donors (Lipinski definition) is 1. The molecule has 25 heavy (non-hydrogen) atoms. The van der Waals surface area contributed by atoms with Gasteiger partial charge in [0.05, 0.1) is 21.8 Å². The fourth-order valence-corrected chi connectivity index (χ4v) is 4.38. The standard InChI is InChI=1S/C18H18Cl2N4O/c19-15-9-21-10-16(20)17(15)24-11-14-8-13(24)6-7-23(14)18(25)22-12-4-2-1-3-5-12/h1-5,9-10,13-14H,6-8,11H2,(H,22,25). The van der Waals surface area contributed by atoms with Gasteiger partial charge in [-0.1, -0.05) is 41.4 Å². The molecule has 0 radical (unpaired) electrons. The van der Waals surface area contributed by atoms with Crippen LogP contribution in [-0.2, 0) is 0 Å². The van der Waals surface area contributed by atoms with Crippen molar-refractivity contribution in [3.63, 3.8) is 0 Å². The Morgan fingerprint density at radius 3 is 2.56 bits per heavy atom. The molecule has 1 aromatic carbocycles. The molecule has 3 heterocycles. The van der Waals surface area contributed by atoms with E-state index in [0.717, 1.165) is 37.3 Å². The summed E-state index contributed by atoms with van der Waals surface area (Å²) in [5.41, 5.74) is 1.64. The lowest BCUT2D eigenvalue weighted by atomic mass is 10.0. The summed E-state index contributed by atoms with van der Waals surface area (Å²) in [5.74, 6) is 0. The lowest BCUT2D eigenvalue weighted by molar-refractivity contribution is 0.179. The molecule has 0 saturated carbocycles. The Morgan fingerprint density at radius 2 is 1.84 bits per heavy atom. The summed E-state index contributed by atoms with van der Waals surface area (Å²) in [5, 5.41) is 4.09. The predicted molar refractivity (Wildman–Crippen MR) is 101 cm³/mol. The average Bonchev–Trinajstić information content (AvgIpc) is 2.92. The number of aromatic nitrogens is 1. The molecule has 2 amide bonds. The number of amides is 2. The molecule has 4 rings (SSSR count). The quantitative estimate of drug-likeness (QED) is 0.850. The number of hydrogen-bond acceptors (Lipinski definition) is 3. The third-order valence-electron chi connectivity index (χ3n) is 4.94. The van der Waals surface area contributed by atoms with Gasteiger partial charge in [0.25, 0.3) is 0 Å². The second-order valence-electron chi connectivity index (χ2n) is 6.43. The van der Waals surface area contributed by atoms with E-state index in [9.17, 15) is 4.79 Å². The fourth-order valence-electron chi connectivity index (χ4n) is 3.80. The summed E-state index contributed by atoms with van der Waals surface area (Å²) in [4.78, 5) is 20.8. The first-order valence-corrected chi connectivity index (χ1v) is 9.07. The number of rotatable bonds is 2. The molecular weight excluding hydrogens is 359 g/mol. The van der Waals surface area contributed by atoms with Crippen molar-refractivity contribution in [1.82, 2.24) is 9.88 Å². The van der Waals surface area contributed by atoms with E-state index in [2.05, 4.69) is 15.2 Å². The van der Waals surface area contributed by atoms with Crippen molar-refractivity contribution < 1.29 is 4.79 Å². The minimum absolute atomic E-state index is 0.0524. The highest BCUT2D eigenvalue weighted by Gasteiger charge is 2.42. The first-order chi connectivity index (χ1) is 12.1. The van der Waals surface area contributed by atoms with Gasteiger partial charge in [-0.15, -0.1) is 0 Å². The Kier molecular flexibility index (Phi) is 4.44. The van der Waals surface area contributed by atoms with E-state index in [1.807, 2.05) is 35.2 Å². The van der Waals surface area contributed by atoms with E-state index in [1.54, 1.807) is 12.4 Å². The predicted octanol–water partition coefficient (Wildman–Crippen LogP) is 4.27. The average molecular weight is 377 g/mol.